The van der Waals surface area contributed by atoms with Gasteiger partial charge in [-0.05, 0) is 62.6 Å². The van der Waals surface area contributed by atoms with Crippen LogP contribution in [-0.4, -0.2) is 63.6 Å². The van der Waals surface area contributed by atoms with E-state index in [1.54, 1.807) is 6.33 Å². The Bertz CT molecular complexity index is 1330. The summed E-state index contributed by atoms with van der Waals surface area (Å²) < 4.78 is 8.37. The van der Waals surface area contributed by atoms with Crippen molar-refractivity contribution in [3.8, 4) is 22.6 Å². The van der Waals surface area contributed by atoms with Crippen molar-refractivity contribution in [2.45, 2.75) is 37.8 Å². The zero-order valence-electron chi connectivity index (χ0n) is 22.1. The predicted octanol–water partition coefficient (Wildman–Crippen LogP) is 6.47. The van der Waals surface area contributed by atoms with E-state index in [1.165, 1.54) is 19.3 Å². The second kappa shape index (κ2) is 13.7. The molecule has 210 valence electrons. The fourth-order valence-corrected chi connectivity index (χ4v) is 5.84. The summed E-state index contributed by atoms with van der Waals surface area (Å²) in [6.45, 7) is 4.65. The van der Waals surface area contributed by atoms with Crippen LogP contribution in [0.25, 0.3) is 22.2 Å². The van der Waals surface area contributed by atoms with E-state index in [0.29, 0.717) is 17.9 Å². The molecule has 1 aliphatic carbocycles. The summed E-state index contributed by atoms with van der Waals surface area (Å²) in [4.78, 5) is 14.2. The third-order valence-electron chi connectivity index (χ3n) is 7.85. The van der Waals surface area contributed by atoms with Crippen LogP contribution in [0.3, 0.4) is 0 Å². The molecule has 1 aliphatic heterocycles. The van der Waals surface area contributed by atoms with Crippen molar-refractivity contribution in [3.63, 3.8) is 0 Å². The standard InChI is InChI=1S/C29H34N6O.3ClH/c1-33-14-16-34(17-15-33)22-6-5-7-23(18-22)35-19-26(27-28(30)31-20-32-29(27)35)21-10-12-25(13-11-21)36-24-8-3-2-4-9-24;;;/h2-4,8-13,19-20,22-23H,5-7,14-18H2,1H3,(H2,30,31,32);3*1H/t22-,23+;;;/m1.../s1. The van der Waals surface area contributed by atoms with Crippen molar-refractivity contribution < 1.29 is 4.74 Å². The molecule has 2 aromatic heterocycles. The Balaban J connectivity index is 0.00000140. The third kappa shape index (κ3) is 6.61. The first-order chi connectivity index (χ1) is 17.7. The van der Waals surface area contributed by atoms with E-state index in [0.717, 1.165) is 66.3 Å². The van der Waals surface area contributed by atoms with Crippen LogP contribution >= 0.6 is 37.2 Å². The number of hydrogen-bond acceptors (Lipinski definition) is 6. The molecule has 2 atom stereocenters. The first-order valence-corrected chi connectivity index (χ1v) is 13.0. The number of anilines is 1. The van der Waals surface area contributed by atoms with Crippen molar-refractivity contribution in [1.29, 1.82) is 0 Å². The molecule has 2 fully saturated rings. The van der Waals surface area contributed by atoms with Gasteiger partial charge in [-0.2, -0.15) is 0 Å². The summed E-state index contributed by atoms with van der Waals surface area (Å²) in [5.74, 6) is 2.16. The van der Waals surface area contributed by atoms with E-state index in [-0.39, 0.29) is 37.2 Å². The van der Waals surface area contributed by atoms with Gasteiger partial charge in [-0.1, -0.05) is 30.3 Å². The zero-order valence-corrected chi connectivity index (χ0v) is 24.6. The number of nitrogens with zero attached hydrogens (tertiary/aromatic N) is 5. The molecule has 2 N–H and O–H groups in total. The van der Waals surface area contributed by atoms with E-state index in [9.17, 15) is 0 Å². The van der Waals surface area contributed by atoms with Gasteiger partial charge in [0.25, 0.3) is 0 Å². The molecule has 2 aliphatic rings. The summed E-state index contributed by atoms with van der Waals surface area (Å²) >= 11 is 0. The maximum atomic E-state index is 6.42. The number of para-hydroxylation sites is 1. The van der Waals surface area contributed by atoms with Gasteiger partial charge in [0.2, 0.25) is 0 Å². The second-order valence-electron chi connectivity index (χ2n) is 10.2. The lowest BCUT2D eigenvalue weighted by Crippen LogP contribution is -2.50. The highest BCUT2D eigenvalue weighted by atomic mass is 35.5. The number of fused-ring (bicyclic) bond motifs is 1. The lowest BCUT2D eigenvalue weighted by Gasteiger charge is -2.41. The van der Waals surface area contributed by atoms with Crippen molar-refractivity contribution in [1.82, 2.24) is 24.3 Å². The molecule has 1 saturated heterocycles. The molecule has 0 bridgehead atoms. The number of benzene rings is 2. The van der Waals surface area contributed by atoms with Gasteiger partial charge in [0.15, 0.2) is 0 Å². The van der Waals surface area contributed by atoms with Crippen LogP contribution in [0.4, 0.5) is 5.82 Å². The molecule has 2 aromatic carbocycles. The summed E-state index contributed by atoms with van der Waals surface area (Å²) in [5, 5.41) is 0.941. The van der Waals surface area contributed by atoms with E-state index in [2.05, 4.69) is 44.7 Å². The Morgan fingerprint density at radius 2 is 1.49 bits per heavy atom. The summed E-state index contributed by atoms with van der Waals surface area (Å²) in [5.41, 5.74) is 9.53. The molecule has 10 heteroatoms. The average molecular weight is 592 g/mol. The SMILES string of the molecule is CN1CCN([C@@H]2CCC[C@H](n3cc(-c4ccc(Oc5ccccc5)cc4)c4c(N)ncnc43)C2)CC1.Cl.Cl.Cl. The molecular formula is C29H37Cl3N6O. The van der Waals surface area contributed by atoms with Crippen LogP contribution in [0, 0.1) is 0 Å². The third-order valence-corrected chi connectivity index (χ3v) is 7.85. The zero-order chi connectivity index (χ0) is 24.5. The number of piperazine rings is 1. The highest BCUT2D eigenvalue weighted by Crippen LogP contribution is 2.39. The average Bonchev–Trinajstić information content (AvgIpc) is 3.31. The Hall–Kier alpha value is -2.55. The van der Waals surface area contributed by atoms with E-state index < -0.39 is 0 Å². The van der Waals surface area contributed by atoms with E-state index in [4.69, 9.17) is 15.5 Å². The molecule has 0 radical (unpaired) electrons. The Morgan fingerprint density at radius 3 is 2.21 bits per heavy atom. The highest BCUT2D eigenvalue weighted by molar-refractivity contribution is 6.00. The number of ether oxygens (including phenoxy) is 1. The van der Waals surface area contributed by atoms with Crippen molar-refractivity contribution in [2.75, 3.05) is 39.0 Å². The van der Waals surface area contributed by atoms with Crippen LogP contribution < -0.4 is 10.5 Å². The first-order valence-electron chi connectivity index (χ1n) is 13.0. The minimum Gasteiger partial charge on any atom is -0.457 e. The van der Waals surface area contributed by atoms with Crippen LogP contribution in [0.2, 0.25) is 0 Å². The number of nitrogens with two attached hydrogens (primary N) is 1. The number of halogens is 3. The molecule has 0 spiro atoms. The number of aromatic nitrogens is 3. The molecule has 6 rings (SSSR count). The quantitative estimate of drug-likeness (QED) is 0.287. The Kier molecular flexibility index (Phi) is 10.9. The highest BCUT2D eigenvalue weighted by Gasteiger charge is 2.30. The topological polar surface area (TPSA) is 72.4 Å². The van der Waals surface area contributed by atoms with Gasteiger partial charge >= 0.3 is 0 Å². The van der Waals surface area contributed by atoms with Crippen LogP contribution in [0.5, 0.6) is 11.5 Å². The van der Waals surface area contributed by atoms with Crippen LogP contribution in [-0.2, 0) is 0 Å². The van der Waals surface area contributed by atoms with Crippen LogP contribution in [0.15, 0.2) is 67.1 Å². The number of hydrogen-bond donors (Lipinski definition) is 1. The van der Waals surface area contributed by atoms with Crippen molar-refractivity contribution in [3.05, 3.63) is 67.1 Å². The molecule has 0 unspecified atom stereocenters. The van der Waals surface area contributed by atoms with Crippen molar-refractivity contribution in [2.24, 2.45) is 0 Å². The predicted molar refractivity (Wildman–Crippen MR) is 166 cm³/mol. The largest absolute Gasteiger partial charge is 0.457 e. The first kappa shape index (κ1) is 31.0. The molecule has 7 nitrogen and oxygen atoms in total. The number of nitrogen functional groups attached to an aromatic ring is 1. The summed E-state index contributed by atoms with van der Waals surface area (Å²) in [6.07, 6.45) is 8.69. The summed E-state index contributed by atoms with van der Waals surface area (Å²) in [6, 6.07) is 19.1. The van der Waals surface area contributed by atoms with Crippen LogP contribution in [0.1, 0.15) is 31.7 Å². The van der Waals surface area contributed by atoms with Gasteiger partial charge < -0.3 is 19.9 Å². The normalized spacial score (nSPS) is 19.9. The van der Waals surface area contributed by atoms with Gasteiger partial charge in [0.05, 0.1) is 5.39 Å². The molecular weight excluding hydrogens is 555 g/mol. The minimum absolute atomic E-state index is 0. The van der Waals surface area contributed by atoms with Crippen molar-refractivity contribution >= 4 is 54.1 Å². The minimum atomic E-state index is 0. The Morgan fingerprint density at radius 1 is 0.821 bits per heavy atom. The van der Waals surface area contributed by atoms with Gasteiger partial charge in [-0.25, -0.2) is 9.97 Å². The fraction of sp³-hybridized carbons (Fsp3) is 0.379. The van der Waals surface area contributed by atoms with Gasteiger partial charge in [-0.15, -0.1) is 37.2 Å². The van der Waals surface area contributed by atoms with Gasteiger partial charge in [-0.3, -0.25) is 4.90 Å². The fourth-order valence-electron chi connectivity index (χ4n) is 5.84. The monoisotopic (exact) mass is 590 g/mol. The lowest BCUT2D eigenvalue weighted by molar-refractivity contribution is 0.0791. The molecule has 39 heavy (non-hydrogen) atoms. The van der Waals surface area contributed by atoms with E-state index in [1.807, 2.05) is 42.5 Å². The van der Waals surface area contributed by atoms with Gasteiger partial charge in [0, 0.05) is 50.0 Å². The molecule has 3 heterocycles. The van der Waals surface area contributed by atoms with E-state index >= 15 is 0 Å². The maximum absolute atomic E-state index is 6.42. The van der Waals surface area contributed by atoms with Gasteiger partial charge in [0.1, 0.15) is 29.3 Å². The summed E-state index contributed by atoms with van der Waals surface area (Å²) in [7, 11) is 2.22. The second-order valence-corrected chi connectivity index (χ2v) is 10.2. The number of likely N-dealkylation sites (N-methyl/N-ethyl adjacent to an activating group) is 1. The molecule has 1 saturated carbocycles. The Labute approximate surface area is 249 Å². The maximum Gasteiger partial charge on any atom is 0.146 e. The number of rotatable bonds is 5. The molecule has 4 aromatic rings. The molecule has 0 amide bonds. The lowest BCUT2D eigenvalue weighted by atomic mass is 9.89. The smallest absolute Gasteiger partial charge is 0.146 e.